The first-order valence-electron chi connectivity index (χ1n) is 2.83. The standard InChI is InChI=1S/C7H8N2O/c8-4-5-3-6(10)1-2-7(5)9/h1-4,8,10H,9H2. The van der Waals surface area contributed by atoms with Crippen molar-refractivity contribution in [1.82, 2.24) is 0 Å². The van der Waals surface area contributed by atoms with E-state index in [-0.39, 0.29) is 5.75 Å². The molecule has 52 valence electrons. The normalized spacial score (nSPS) is 9.20. The number of nitrogens with two attached hydrogens (primary N) is 1. The highest BCUT2D eigenvalue weighted by Gasteiger charge is 1.94. The van der Waals surface area contributed by atoms with Crippen molar-refractivity contribution in [3.63, 3.8) is 0 Å². The minimum Gasteiger partial charge on any atom is -0.508 e. The van der Waals surface area contributed by atoms with Gasteiger partial charge in [-0.15, -0.1) is 0 Å². The zero-order chi connectivity index (χ0) is 7.56. The molecule has 0 fully saturated rings. The highest BCUT2D eigenvalue weighted by molar-refractivity contribution is 5.85. The van der Waals surface area contributed by atoms with Crippen LogP contribution < -0.4 is 5.73 Å². The molecule has 1 rings (SSSR count). The van der Waals surface area contributed by atoms with Gasteiger partial charge in [-0.3, -0.25) is 0 Å². The molecular weight excluding hydrogens is 128 g/mol. The second-order valence-electron chi connectivity index (χ2n) is 1.96. The lowest BCUT2D eigenvalue weighted by atomic mass is 10.2. The lowest BCUT2D eigenvalue weighted by molar-refractivity contribution is 0.475. The van der Waals surface area contributed by atoms with Gasteiger partial charge >= 0.3 is 0 Å². The van der Waals surface area contributed by atoms with Gasteiger partial charge in [0.2, 0.25) is 0 Å². The second kappa shape index (κ2) is 2.39. The first-order chi connectivity index (χ1) is 4.74. The Hall–Kier alpha value is -1.51. The summed E-state index contributed by atoms with van der Waals surface area (Å²) in [5, 5.41) is 15.8. The molecule has 0 bridgehead atoms. The molecule has 1 aromatic rings. The molecule has 3 nitrogen and oxygen atoms in total. The summed E-state index contributed by atoms with van der Waals surface area (Å²) in [5.41, 5.74) is 6.49. The van der Waals surface area contributed by atoms with Gasteiger partial charge in [0.05, 0.1) is 0 Å². The predicted octanol–water partition coefficient (Wildman–Crippen LogP) is 0.972. The average molecular weight is 136 g/mol. The van der Waals surface area contributed by atoms with E-state index in [1.165, 1.54) is 12.1 Å². The number of benzene rings is 1. The van der Waals surface area contributed by atoms with Crippen molar-refractivity contribution in [1.29, 1.82) is 5.41 Å². The third-order valence-corrected chi connectivity index (χ3v) is 1.23. The Morgan fingerprint density at radius 1 is 1.50 bits per heavy atom. The average Bonchev–Trinajstić information content (AvgIpc) is 1.94. The quantitative estimate of drug-likeness (QED) is 0.306. The topological polar surface area (TPSA) is 70.1 Å². The fourth-order valence-corrected chi connectivity index (χ4v) is 0.687. The molecule has 0 saturated heterocycles. The monoisotopic (exact) mass is 136 g/mol. The molecule has 0 aliphatic carbocycles. The molecule has 0 atom stereocenters. The molecule has 0 spiro atoms. The molecule has 0 saturated carbocycles. The molecule has 0 heterocycles. The van der Waals surface area contributed by atoms with Crippen molar-refractivity contribution >= 4 is 11.9 Å². The molecule has 0 aliphatic heterocycles. The Balaban J connectivity index is 3.21. The molecule has 0 amide bonds. The maximum absolute atomic E-state index is 8.91. The second-order valence-corrected chi connectivity index (χ2v) is 1.96. The van der Waals surface area contributed by atoms with Crippen molar-refractivity contribution < 1.29 is 5.11 Å². The Morgan fingerprint density at radius 2 is 2.20 bits per heavy atom. The number of nitrogen functional groups attached to an aromatic ring is 1. The number of aromatic hydroxyl groups is 1. The van der Waals surface area contributed by atoms with E-state index in [0.29, 0.717) is 11.3 Å². The summed E-state index contributed by atoms with van der Waals surface area (Å²) in [6.45, 7) is 0. The summed E-state index contributed by atoms with van der Waals surface area (Å²) in [6, 6.07) is 4.50. The van der Waals surface area contributed by atoms with Crippen LogP contribution in [0.25, 0.3) is 0 Å². The van der Waals surface area contributed by atoms with E-state index in [0.717, 1.165) is 6.21 Å². The summed E-state index contributed by atoms with van der Waals surface area (Å²) in [6.07, 6.45) is 1.11. The zero-order valence-corrected chi connectivity index (χ0v) is 5.33. The summed E-state index contributed by atoms with van der Waals surface area (Å²) in [7, 11) is 0. The Kier molecular flexibility index (Phi) is 1.58. The van der Waals surface area contributed by atoms with Crippen LogP contribution in [0.3, 0.4) is 0 Å². The van der Waals surface area contributed by atoms with Gasteiger partial charge in [0.25, 0.3) is 0 Å². The van der Waals surface area contributed by atoms with E-state index in [2.05, 4.69) is 0 Å². The largest absolute Gasteiger partial charge is 0.508 e. The van der Waals surface area contributed by atoms with Crippen LogP contribution >= 0.6 is 0 Å². The maximum Gasteiger partial charge on any atom is 0.116 e. The van der Waals surface area contributed by atoms with Crippen molar-refractivity contribution in [2.45, 2.75) is 0 Å². The van der Waals surface area contributed by atoms with Gasteiger partial charge in [0.15, 0.2) is 0 Å². The van der Waals surface area contributed by atoms with Gasteiger partial charge in [-0.1, -0.05) is 0 Å². The van der Waals surface area contributed by atoms with Gasteiger partial charge < -0.3 is 16.2 Å². The highest BCUT2D eigenvalue weighted by Crippen LogP contribution is 2.15. The molecule has 1 aromatic carbocycles. The number of hydrogen-bond acceptors (Lipinski definition) is 3. The molecule has 4 N–H and O–H groups in total. The Bertz CT molecular complexity index is 258. The van der Waals surface area contributed by atoms with Gasteiger partial charge in [-0.2, -0.15) is 0 Å². The fourth-order valence-electron chi connectivity index (χ4n) is 0.687. The third-order valence-electron chi connectivity index (χ3n) is 1.23. The molecule has 0 aliphatic rings. The molecule has 3 heteroatoms. The van der Waals surface area contributed by atoms with E-state index in [4.69, 9.17) is 16.2 Å². The maximum atomic E-state index is 8.91. The number of phenols is 1. The minimum atomic E-state index is 0.132. The highest BCUT2D eigenvalue weighted by atomic mass is 16.3. The van der Waals surface area contributed by atoms with Crippen LogP contribution in [-0.4, -0.2) is 11.3 Å². The number of phenolic OH excluding ortho intramolecular Hbond substituents is 1. The number of hydrogen-bond donors (Lipinski definition) is 3. The van der Waals surface area contributed by atoms with Crippen molar-refractivity contribution in [3.05, 3.63) is 23.8 Å². The predicted molar refractivity (Wildman–Crippen MR) is 40.4 cm³/mol. The Labute approximate surface area is 58.6 Å². The first kappa shape index (κ1) is 6.61. The van der Waals surface area contributed by atoms with E-state index in [1.54, 1.807) is 6.07 Å². The molecular formula is C7H8N2O. The lowest BCUT2D eigenvalue weighted by Gasteiger charge is -1.97. The van der Waals surface area contributed by atoms with E-state index in [1.807, 2.05) is 0 Å². The van der Waals surface area contributed by atoms with Crippen molar-refractivity contribution in [2.75, 3.05) is 5.73 Å². The van der Waals surface area contributed by atoms with Crippen molar-refractivity contribution in [2.24, 2.45) is 0 Å². The first-order valence-corrected chi connectivity index (χ1v) is 2.83. The fraction of sp³-hybridized carbons (Fsp3) is 0. The summed E-state index contributed by atoms with van der Waals surface area (Å²) >= 11 is 0. The molecule has 0 unspecified atom stereocenters. The minimum absolute atomic E-state index is 0.132. The van der Waals surface area contributed by atoms with Gasteiger partial charge in [-0.25, -0.2) is 0 Å². The molecule has 10 heavy (non-hydrogen) atoms. The van der Waals surface area contributed by atoms with E-state index >= 15 is 0 Å². The van der Waals surface area contributed by atoms with Crippen molar-refractivity contribution in [3.8, 4) is 5.75 Å². The van der Waals surface area contributed by atoms with Crippen LogP contribution in [0.4, 0.5) is 5.69 Å². The molecule has 0 aromatic heterocycles. The smallest absolute Gasteiger partial charge is 0.116 e. The van der Waals surface area contributed by atoms with Gasteiger partial charge in [0, 0.05) is 17.5 Å². The summed E-state index contributed by atoms with van der Waals surface area (Å²) in [5.74, 6) is 0.132. The number of rotatable bonds is 1. The van der Waals surface area contributed by atoms with Crippen LogP contribution in [0.15, 0.2) is 18.2 Å². The van der Waals surface area contributed by atoms with Crippen LogP contribution in [0.5, 0.6) is 5.75 Å². The van der Waals surface area contributed by atoms with Gasteiger partial charge in [-0.05, 0) is 18.2 Å². The third kappa shape index (κ3) is 1.07. The summed E-state index contributed by atoms with van der Waals surface area (Å²) < 4.78 is 0. The summed E-state index contributed by atoms with van der Waals surface area (Å²) in [4.78, 5) is 0. The SMILES string of the molecule is N=Cc1cc(O)ccc1N. The van der Waals surface area contributed by atoms with Crippen LogP contribution in [-0.2, 0) is 0 Å². The zero-order valence-electron chi connectivity index (χ0n) is 5.33. The Morgan fingerprint density at radius 3 is 2.70 bits per heavy atom. The van der Waals surface area contributed by atoms with Crippen LogP contribution in [0, 0.1) is 5.41 Å². The molecule has 0 radical (unpaired) electrons. The van der Waals surface area contributed by atoms with Gasteiger partial charge in [0.1, 0.15) is 5.75 Å². The number of anilines is 1. The van der Waals surface area contributed by atoms with E-state index < -0.39 is 0 Å². The van der Waals surface area contributed by atoms with E-state index in [9.17, 15) is 0 Å². The number of nitrogens with one attached hydrogen (secondary N) is 1. The van der Waals surface area contributed by atoms with Crippen LogP contribution in [0.1, 0.15) is 5.56 Å². The lowest BCUT2D eigenvalue weighted by Crippen LogP contribution is -1.90. The van der Waals surface area contributed by atoms with Crippen LogP contribution in [0.2, 0.25) is 0 Å².